The molecular weight excluding hydrogens is 260 g/mol. The minimum Gasteiger partial charge on any atom is -0.478 e. The van der Waals surface area contributed by atoms with Gasteiger partial charge in [0.25, 0.3) is 5.60 Å². The van der Waals surface area contributed by atoms with Gasteiger partial charge in [0.2, 0.25) is 5.78 Å². The number of carboxylic acid groups (broad SMARTS) is 1. The molecule has 0 aliphatic rings. The van der Waals surface area contributed by atoms with Crippen molar-refractivity contribution in [3.63, 3.8) is 0 Å². The molecule has 0 amide bonds. The summed E-state index contributed by atoms with van der Waals surface area (Å²) < 4.78 is 0. The molecule has 0 aromatic heterocycles. The number of Topliss-reactive ketones (excluding diaryl/α,β-unsaturated/α-hetero) is 1. The van der Waals surface area contributed by atoms with Gasteiger partial charge in [-0.2, -0.15) is 0 Å². The largest absolute Gasteiger partial charge is 0.478 e. The molecule has 20 heavy (non-hydrogen) atoms. The number of ketones is 1. The Bertz CT molecular complexity index is 609. The first-order valence-corrected chi connectivity index (χ1v) is 5.84. The van der Waals surface area contributed by atoms with E-state index in [4.69, 9.17) is 5.26 Å². The fourth-order valence-corrected chi connectivity index (χ4v) is 1.95. The molecule has 0 radical (unpaired) electrons. The molecule has 1 unspecified atom stereocenters. The van der Waals surface area contributed by atoms with Crippen LogP contribution in [0.1, 0.15) is 15.9 Å². The topological polar surface area (TPSA) is 83.8 Å². The van der Waals surface area contributed by atoms with Gasteiger partial charge in [0.1, 0.15) is 0 Å². The Labute approximate surface area is 115 Å². The van der Waals surface area contributed by atoms with Gasteiger partial charge in [-0.1, -0.05) is 60.7 Å². The zero-order valence-corrected chi connectivity index (χ0v) is 10.4. The lowest BCUT2D eigenvalue weighted by atomic mass is 9.86. The molecule has 0 saturated heterocycles. The summed E-state index contributed by atoms with van der Waals surface area (Å²) in [6, 6.07) is 15.4. The summed E-state index contributed by atoms with van der Waals surface area (Å²) in [7, 11) is 0. The van der Waals surface area contributed by atoms with Crippen LogP contribution in [0.2, 0.25) is 0 Å². The zero-order chi connectivity index (χ0) is 14.6. The van der Waals surface area contributed by atoms with Crippen molar-refractivity contribution in [1.29, 1.82) is 0 Å². The highest BCUT2D eigenvalue weighted by molar-refractivity contribution is 6.15. The number of carbonyl (C=O) groups excluding carboxylic acids is 1. The average molecular weight is 272 g/mol. The molecule has 0 spiro atoms. The fourth-order valence-electron chi connectivity index (χ4n) is 1.95. The Morgan fingerprint density at radius 1 is 0.900 bits per heavy atom. The van der Waals surface area contributed by atoms with Crippen LogP contribution in [-0.2, 0) is 15.3 Å². The highest BCUT2D eigenvalue weighted by Gasteiger charge is 2.50. The van der Waals surface area contributed by atoms with E-state index in [1.165, 1.54) is 24.3 Å². The number of carbonyl (C=O) groups is 2. The average Bonchev–Trinajstić information content (AvgIpc) is 2.50. The van der Waals surface area contributed by atoms with Crippen LogP contribution < -0.4 is 0 Å². The summed E-state index contributed by atoms with van der Waals surface area (Å²) in [5.74, 6) is -2.43. The maximum absolute atomic E-state index is 12.5. The number of hydrogen-bond acceptors (Lipinski definition) is 4. The van der Waals surface area contributed by atoms with E-state index >= 15 is 0 Å². The molecule has 2 aromatic rings. The van der Waals surface area contributed by atoms with Gasteiger partial charge in [0, 0.05) is 11.1 Å². The van der Waals surface area contributed by atoms with Crippen LogP contribution in [0.3, 0.4) is 0 Å². The van der Waals surface area contributed by atoms with Gasteiger partial charge in [-0.3, -0.25) is 4.79 Å². The van der Waals surface area contributed by atoms with Gasteiger partial charge >= 0.3 is 5.97 Å². The standard InChI is InChI=1S/C15H12O5/c16-13(11-7-3-1-4-8-11)15(20-19,14(17)18)12-9-5-2-6-10-12/h1-10,19H,(H,17,18). The minimum absolute atomic E-state index is 0.0452. The van der Waals surface area contributed by atoms with Gasteiger partial charge in [0.05, 0.1) is 0 Å². The second kappa shape index (κ2) is 5.64. The van der Waals surface area contributed by atoms with E-state index in [2.05, 4.69) is 4.89 Å². The zero-order valence-electron chi connectivity index (χ0n) is 10.4. The van der Waals surface area contributed by atoms with Gasteiger partial charge < -0.3 is 5.11 Å². The van der Waals surface area contributed by atoms with Crippen molar-refractivity contribution in [2.24, 2.45) is 0 Å². The molecule has 0 fully saturated rings. The van der Waals surface area contributed by atoms with Crippen molar-refractivity contribution in [2.75, 3.05) is 0 Å². The minimum atomic E-state index is -2.47. The van der Waals surface area contributed by atoms with E-state index in [-0.39, 0.29) is 11.1 Å². The van der Waals surface area contributed by atoms with Crippen molar-refractivity contribution in [3.8, 4) is 0 Å². The molecule has 102 valence electrons. The van der Waals surface area contributed by atoms with E-state index in [1.54, 1.807) is 36.4 Å². The Hall–Kier alpha value is -2.50. The molecule has 0 aliphatic carbocycles. The first-order valence-electron chi connectivity index (χ1n) is 5.84. The Morgan fingerprint density at radius 3 is 1.85 bits per heavy atom. The Morgan fingerprint density at radius 2 is 1.40 bits per heavy atom. The maximum Gasteiger partial charge on any atom is 0.352 e. The van der Waals surface area contributed by atoms with Crippen LogP contribution >= 0.6 is 0 Å². The van der Waals surface area contributed by atoms with E-state index in [0.29, 0.717) is 0 Å². The molecule has 0 heterocycles. The first kappa shape index (κ1) is 13.9. The summed E-state index contributed by atoms with van der Waals surface area (Å²) >= 11 is 0. The summed E-state index contributed by atoms with van der Waals surface area (Å²) in [5.41, 5.74) is -2.29. The van der Waals surface area contributed by atoms with Crippen LogP contribution in [-0.4, -0.2) is 22.1 Å². The number of benzene rings is 2. The van der Waals surface area contributed by atoms with E-state index < -0.39 is 17.4 Å². The van der Waals surface area contributed by atoms with Crippen molar-refractivity contribution in [2.45, 2.75) is 5.60 Å². The molecule has 2 aromatic carbocycles. The quantitative estimate of drug-likeness (QED) is 0.378. The summed E-state index contributed by atoms with van der Waals surface area (Å²) in [4.78, 5) is 28.2. The van der Waals surface area contributed by atoms with Gasteiger partial charge in [-0.15, -0.1) is 0 Å². The highest BCUT2D eigenvalue weighted by atomic mass is 17.1. The molecule has 5 heteroatoms. The normalized spacial score (nSPS) is 13.4. The maximum atomic E-state index is 12.5. The van der Waals surface area contributed by atoms with Crippen LogP contribution in [0.25, 0.3) is 0 Å². The van der Waals surface area contributed by atoms with Crippen molar-refractivity contribution in [1.82, 2.24) is 0 Å². The predicted octanol–water partition coefficient (Wildman–Crippen LogP) is 2.34. The SMILES string of the molecule is O=C(O)C(OO)(C(=O)c1ccccc1)c1ccccc1. The number of hydrogen-bond donors (Lipinski definition) is 2. The smallest absolute Gasteiger partial charge is 0.352 e. The molecule has 0 aliphatic heterocycles. The molecular formula is C15H12O5. The summed E-state index contributed by atoms with van der Waals surface area (Å²) in [5, 5.41) is 18.5. The first-order chi connectivity index (χ1) is 9.63. The molecule has 0 bridgehead atoms. The third-order valence-electron chi connectivity index (χ3n) is 2.97. The second-order valence-electron chi connectivity index (χ2n) is 4.14. The molecule has 2 N–H and O–H groups in total. The van der Waals surface area contributed by atoms with Crippen LogP contribution in [0.4, 0.5) is 0 Å². The lowest BCUT2D eigenvalue weighted by Gasteiger charge is -2.24. The highest BCUT2D eigenvalue weighted by Crippen LogP contribution is 2.29. The van der Waals surface area contributed by atoms with E-state index in [9.17, 15) is 14.7 Å². The fraction of sp³-hybridized carbons (Fsp3) is 0.0667. The van der Waals surface area contributed by atoms with E-state index in [0.717, 1.165) is 0 Å². The molecule has 1 atom stereocenters. The predicted molar refractivity (Wildman–Crippen MR) is 70.2 cm³/mol. The van der Waals surface area contributed by atoms with Crippen molar-refractivity contribution < 1.29 is 24.8 Å². The monoisotopic (exact) mass is 272 g/mol. The Balaban J connectivity index is 2.59. The molecule has 0 saturated carbocycles. The third-order valence-corrected chi connectivity index (χ3v) is 2.97. The third kappa shape index (κ3) is 2.20. The number of carboxylic acids is 1. The number of rotatable bonds is 5. The second-order valence-corrected chi connectivity index (χ2v) is 4.14. The van der Waals surface area contributed by atoms with Crippen molar-refractivity contribution >= 4 is 11.8 Å². The lowest BCUT2D eigenvalue weighted by Crippen LogP contribution is -2.45. The summed E-state index contributed by atoms with van der Waals surface area (Å²) in [6.45, 7) is 0. The van der Waals surface area contributed by atoms with E-state index in [1.807, 2.05) is 0 Å². The molecule has 5 nitrogen and oxygen atoms in total. The number of aliphatic carboxylic acids is 1. The van der Waals surface area contributed by atoms with Gasteiger partial charge in [0.15, 0.2) is 0 Å². The molecule has 2 rings (SSSR count). The van der Waals surface area contributed by atoms with Crippen molar-refractivity contribution in [3.05, 3.63) is 71.8 Å². The van der Waals surface area contributed by atoms with Crippen LogP contribution in [0, 0.1) is 0 Å². The van der Waals surface area contributed by atoms with Gasteiger partial charge in [-0.25, -0.2) is 14.9 Å². The van der Waals surface area contributed by atoms with Gasteiger partial charge in [-0.05, 0) is 0 Å². The van der Waals surface area contributed by atoms with Crippen LogP contribution in [0.5, 0.6) is 0 Å². The van der Waals surface area contributed by atoms with Crippen LogP contribution in [0.15, 0.2) is 60.7 Å². The Kier molecular flexibility index (Phi) is 3.93. The summed E-state index contributed by atoms with van der Waals surface area (Å²) in [6.07, 6.45) is 0. The lowest BCUT2D eigenvalue weighted by molar-refractivity contribution is -0.304.